The van der Waals surface area contributed by atoms with Crippen molar-refractivity contribution in [1.29, 1.82) is 0 Å². The van der Waals surface area contributed by atoms with E-state index < -0.39 is 5.60 Å². The topological polar surface area (TPSA) is 70.2 Å². The molecule has 1 aliphatic heterocycles. The molecule has 2 heterocycles. The van der Waals surface area contributed by atoms with Crippen LogP contribution in [0.3, 0.4) is 0 Å². The highest BCUT2D eigenvalue weighted by Crippen LogP contribution is 2.17. The number of H-pyrrole nitrogens is 1. The van der Waals surface area contributed by atoms with Gasteiger partial charge in [0.05, 0.1) is 11.9 Å². The van der Waals surface area contributed by atoms with Gasteiger partial charge in [-0.1, -0.05) is 0 Å². The number of nitrogens with zero attached hydrogens (tertiary/aromatic N) is 2. The Labute approximate surface area is 113 Å². The summed E-state index contributed by atoms with van der Waals surface area (Å²) in [6, 6.07) is 0.249. The van der Waals surface area contributed by atoms with Crippen LogP contribution in [0.25, 0.3) is 0 Å². The van der Waals surface area contributed by atoms with Crippen molar-refractivity contribution < 1.29 is 9.53 Å². The number of hydrogen-bond donors (Lipinski definition) is 2. The Bertz CT molecular complexity index is 411. The van der Waals surface area contributed by atoms with Crippen LogP contribution in [0.15, 0.2) is 12.4 Å². The molecular weight excluding hydrogens is 244 g/mol. The van der Waals surface area contributed by atoms with Gasteiger partial charge in [-0.3, -0.25) is 5.10 Å². The van der Waals surface area contributed by atoms with Gasteiger partial charge in [0.25, 0.3) is 0 Å². The first kappa shape index (κ1) is 13.7. The van der Waals surface area contributed by atoms with Crippen molar-refractivity contribution in [3.05, 3.63) is 12.4 Å². The normalized spacial score (nSPS) is 20.2. The molecule has 106 valence electrons. The van der Waals surface area contributed by atoms with Crippen molar-refractivity contribution >= 4 is 11.8 Å². The predicted octanol–water partition coefficient (Wildman–Crippen LogP) is 2.22. The number of carbonyl (C=O) groups is 1. The standard InChI is InChI=1S/C13H22N4O2/c1-13(2,3)19-12(18)17-6-4-5-10(9-17)16-11-7-14-15-8-11/h7-8,10,16H,4-6,9H2,1-3H3,(H,14,15). The molecule has 6 heteroatoms. The first-order valence-electron chi connectivity index (χ1n) is 6.67. The SMILES string of the molecule is CC(C)(C)OC(=O)N1CCCC(Nc2cn[nH]c2)C1. The minimum Gasteiger partial charge on any atom is -0.444 e. The molecule has 0 spiro atoms. The molecule has 1 aromatic heterocycles. The summed E-state index contributed by atoms with van der Waals surface area (Å²) in [6.45, 7) is 7.08. The summed E-state index contributed by atoms with van der Waals surface area (Å²) in [6.07, 6.45) is 5.35. The molecule has 0 saturated carbocycles. The second kappa shape index (κ2) is 5.50. The number of hydrogen-bond acceptors (Lipinski definition) is 4. The number of aromatic nitrogens is 2. The molecule has 0 aliphatic carbocycles. The van der Waals surface area contributed by atoms with Gasteiger partial charge in [-0.25, -0.2) is 4.79 Å². The summed E-state index contributed by atoms with van der Waals surface area (Å²) < 4.78 is 5.40. The van der Waals surface area contributed by atoms with E-state index in [1.165, 1.54) is 0 Å². The molecule has 1 atom stereocenters. The van der Waals surface area contributed by atoms with E-state index in [1.54, 1.807) is 11.1 Å². The van der Waals surface area contributed by atoms with E-state index in [0.717, 1.165) is 25.1 Å². The molecule has 1 saturated heterocycles. The third-order valence-corrected chi connectivity index (χ3v) is 2.94. The predicted molar refractivity (Wildman–Crippen MR) is 73.0 cm³/mol. The van der Waals surface area contributed by atoms with Gasteiger partial charge in [0.2, 0.25) is 0 Å². The quantitative estimate of drug-likeness (QED) is 0.861. The summed E-state index contributed by atoms with van der Waals surface area (Å²) in [5.41, 5.74) is 0.512. The van der Waals surface area contributed by atoms with E-state index >= 15 is 0 Å². The van der Waals surface area contributed by atoms with Gasteiger partial charge in [0, 0.05) is 25.3 Å². The van der Waals surface area contributed by atoms with Gasteiger partial charge in [-0.15, -0.1) is 0 Å². The van der Waals surface area contributed by atoms with Crippen LogP contribution in [0.2, 0.25) is 0 Å². The van der Waals surface area contributed by atoms with Crippen LogP contribution >= 0.6 is 0 Å². The highest BCUT2D eigenvalue weighted by Gasteiger charge is 2.27. The molecule has 1 amide bonds. The zero-order valence-electron chi connectivity index (χ0n) is 11.8. The third kappa shape index (κ3) is 4.15. The van der Waals surface area contributed by atoms with Crippen molar-refractivity contribution in [1.82, 2.24) is 15.1 Å². The van der Waals surface area contributed by atoms with Crippen LogP contribution in [-0.2, 0) is 4.74 Å². The van der Waals surface area contributed by atoms with Crippen LogP contribution in [0.1, 0.15) is 33.6 Å². The van der Waals surface area contributed by atoms with E-state index in [-0.39, 0.29) is 12.1 Å². The molecule has 1 fully saturated rings. The molecule has 0 aromatic carbocycles. The van der Waals surface area contributed by atoms with E-state index in [0.29, 0.717) is 6.54 Å². The minimum absolute atomic E-state index is 0.230. The van der Waals surface area contributed by atoms with Crippen LogP contribution in [0.5, 0.6) is 0 Å². The molecule has 0 bridgehead atoms. The minimum atomic E-state index is -0.442. The first-order valence-corrected chi connectivity index (χ1v) is 6.67. The fourth-order valence-electron chi connectivity index (χ4n) is 2.15. The van der Waals surface area contributed by atoms with Crippen molar-refractivity contribution in [2.45, 2.75) is 45.3 Å². The second-order valence-electron chi connectivity index (χ2n) is 5.90. The van der Waals surface area contributed by atoms with Crippen LogP contribution in [0, 0.1) is 0 Å². The Morgan fingerprint density at radius 2 is 2.37 bits per heavy atom. The zero-order chi connectivity index (χ0) is 13.9. The number of carbonyl (C=O) groups excluding carboxylic acids is 1. The van der Waals surface area contributed by atoms with Crippen LogP contribution in [-0.4, -0.2) is 45.9 Å². The molecular formula is C13H22N4O2. The Kier molecular flexibility index (Phi) is 3.97. The number of ether oxygens (including phenoxy) is 1. The number of amides is 1. The highest BCUT2D eigenvalue weighted by molar-refractivity contribution is 5.68. The lowest BCUT2D eigenvalue weighted by Crippen LogP contribution is -2.46. The molecule has 2 N–H and O–H groups in total. The number of likely N-dealkylation sites (tertiary alicyclic amines) is 1. The van der Waals surface area contributed by atoms with Crippen molar-refractivity contribution in [3.63, 3.8) is 0 Å². The monoisotopic (exact) mass is 266 g/mol. The maximum Gasteiger partial charge on any atom is 0.410 e. The molecule has 6 nitrogen and oxygen atoms in total. The number of anilines is 1. The molecule has 19 heavy (non-hydrogen) atoms. The van der Waals surface area contributed by atoms with Gasteiger partial charge in [-0.05, 0) is 33.6 Å². The molecule has 1 unspecified atom stereocenters. The van der Waals surface area contributed by atoms with Gasteiger partial charge in [-0.2, -0.15) is 5.10 Å². The molecule has 1 aromatic rings. The number of aromatic amines is 1. The number of piperidine rings is 1. The average Bonchev–Trinajstić information content (AvgIpc) is 2.80. The van der Waals surface area contributed by atoms with E-state index in [4.69, 9.17) is 4.74 Å². The van der Waals surface area contributed by atoms with Crippen molar-refractivity contribution in [2.24, 2.45) is 0 Å². The lowest BCUT2D eigenvalue weighted by Gasteiger charge is -2.34. The van der Waals surface area contributed by atoms with Crippen LogP contribution < -0.4 is 5.32 Å². The first-order chi connectivity index (χ1) is 8.94. The fourth-order valence-corrected chi connectivity index (χ4v) is 2.15. The largest absolute Gasteiger partial charge is 0.444 e. The molecule has 0 radical (unpaired) electrons. The summed E-state index contributed by atoms with van der Waals surface area (Å²) in [7, 11) is 0. The smallest absolute Gasteiger partial charge is 0.410 e. The van der Waals surface area contributed by atoms with Gasteiger partial charge in [0.1, 0.15) is 5.60 Å². The lowest BCUT2D eigenvalue weighted by atomic mass is 10.1. The van der Waals surface area contributed by atoms with Crippen molar-refractivity contribution in [3.8, 4) is 0 Å². The molecule has 2 rings (SSSR count). The second-order valence-corrected chi connectivity index (χ2v) is 5.90. The third-order valence-electron chi connectivity index (χ3n) is 2.94. The number of rotatable bonds is 2. The fraction of sp³-hybridized carbons (Fsp3) is 0.692. The summed E-state index contributed by atoms with van der Waals surface area (Å²) in [5, 5.41) is 10.0. The van der Waals surface area contributed by atoms with Gasteiger partial charge < -0.3 is 15.0 Å². The summed E-state index contributed by atoms with van der Waals surface area (Å²) >= 11 is 0. The Hall–Kier alpha value is -1.72. The Morgan fingerprint density at radius 3 is 3.00 bits per heavy atom. The summed E-state index contributed by atoms with van der Waals surface area (Å²) in [5.74, 6) is 0. The van der Waals surface area contributed by atoms with Crippen molar-refractivity contribution in [2.75, 3.05) is 18.4 Å². The Balaban J connectivity index is 1.88. The molecule has 1 aliphatic rings. The van der Waals surface area contributed by atoms with Gasteiger partial charge >= 0.3 is 6.09 Å². The van der Waals surface area contributed by atoms with E-state index in [2.05, 4.69) is 15.5 Å². The van der Waals surface area contributed by atoms with E-state index in [9.17, 15) is 4.79 Å². The lowest BCUT2D eigenvalue weighted by molar-refractivity contribution is 0.0206. The zero-order valence-corrected chi connectivity index (χ0v) is 11.8. The number of nitrogens with one attached hydrogen (secondary N) is 2. The highest BCUT2D eigenvalue weighted by atomic mass is 16.6. The van der Waals surface area contributed by atoms with Gasteiger partial charge in [0.15, 0.2) is 0 Å². The average molecular weight is 266 g/mol. The Morgan fingerprint density at radius 1 is 1.58 bits per heavy atom. The summed E-state index contributed by atoms with van der Waals surface area (Å²) in [4.78, 5) is 13.8. The maximum atomic E-state index is 12.0. The van der Waals surface area contributed by atoms with Crippen LogP contribution in [0.4, 0.5) is 10.5 Å². The maximum absolute atomic E-state index is 12.0. The van der Waals surface area contributed by atoms with E-state index in [1.807, 2.05) is 27.0 Å².